The number of ether oxygens (including phenoxy) is 1. The number of hydrogen-bond donors (Lipinski definition) is 0. The van der Waals surface area contributed by atoms with Crippen molar-refractivity contribution in [1.82, 2.24) is 10.2 Å². The van der Waals surface area contributed by atoms with Crippen molar-refractivity contribution in [3.05, 3.63) is 69.8 Å². The molecular formula is C17H12BrFN2O3. The first kappa shape index (κ1) is 16.3. The Hall–Kier alpha value is -2.54. The van der Waals surface area contributed by atoms with Crippen LogP contribution in [0, 0.1) is 12.7 Å². The van der Waals surface area contributed by atoms with Crippen molar-refractivity contribution < 1.29 is 18.3 Å². The highest BCUT2D eigenvalue weighted by atomic mass is 79.9. The van der Waals surface area contributed by atoms with Crippen LogP contribution in [0.5, 0.6) is 0 Å². The molecule has 0 unspecified atom stereocenters. The van der Waals surface area contributed by atoms with Gasteiger partial charge in [0.05, 0.1) is 5.56 Å². The summed E-state index contributed by atoms with van der Waals surface area (Å²) in [6.45, 7) is 1.76. The molecule has 0 N–H and O–H groups in total. The van der Waals surface area contributed by atoms with Gasteiger partial charge in [-0.25, -0.2) is 9.18 Å². The monoisotopic (exact) mass is 390 g/mol. The van der Waals surface area contributed by atoms with Crippen LogP contribution in [-0.2, 0) is 11.3 Å². The summed E-state index contributed by atoms with van der Waals surface area (Å²) in [4.78, 5) is 12.0. The zero-order chi connectivity index (χ0) is 17.1. The number of carbonyl (C=O) groups is 1. The van der Waals surface area contributed by atoms with Gasteiger partial charge in [0.1, 0.15) is 5.82 Å². The zero-order valence-electron chi connectivity index (χ0n) is 12.6. The second-order valence-electron chi connectivity index (χ2n) is 5.07. The van der Waals surface area contributed by atoms with Gasteiger partial charge in [0.15, 0.2) is 6.61 Å². The molecule has 24 heavy (non-hydrogen) atoms. The van der Waals surface area contributed by atoms with Crippen molar-refractivity contribution in [3.8, 4) is 11.5 Å². The van der Waals surface area contributed by atoms with Gasteiger partial charge in [0.2, 0.25) is 5.89 Å². The number of nitrogens with zero attached hydrogens (tertiary/aromatic N) is 2. The molecule has 0 saturated carbocycles. The lowest BCUT2D eigenvalue weighted by Gasteiger charge is -2.04. The molecular weight excluding hydrogens is 379 g/mol. The number of halogens is 2. The van der Waals surface area contributed by atoms with Crippen molar-refractivity contribution in [2.45, 2.75) is 13.5 Å². The van der Waals surface area contributed by atoms with Crippen molar-refractivity contribution in [2.24, 2.45) is 0 Å². The van der Waals surface area contributed by atoms with Crippen LogP contribution in [0.25, 0.3) is 11.5 Å². The summed E-state index contributed by atoms with van der Waals surface area (Å²) < 4.78 is 24.2. The maximum Gasteiger partial charge on any atom is 0.339 e. The van der Waals surface area contributed by atoms with Gasteiger partial charge in [-0.3, -0.25) is 0 Å². The Morgan fingerprint density at radius 1 is 1.25 bits per heavy atom. The van der Waals surface area contributed by atoms with Crippen LogP contribution in [0.2, 0.25) is 0 Å². The van der Waals surface area contributed by atoms with E-state index in [1.54, 1.807) is 0 Å². The lowest BCUT2D eigenvalue weighted by molar-refractivity contribution is 0.0437. The second kappa shape index (κ2) is 6.92. The van der Waals surface area contributed by atoms with E-state index < -0.39 is 11.8 Å². The molecule has 0 aliphatic rings. The maximum atomic E-state index is 13.2. The Morgan fingerprint density at radius 2 is 2.08 bits per heavy atom. The van der Waals surface area contributed by atoms with Crippen LogP contribution < -0.4 is 0 Å². The molecule has 3 rings (SSSR count). The van der Waals surface area contributed by atoms with E-state index in [2.05, 4.69) is 26.1 Å². The van der Waals surface area contributed by atoms with E-state index in [1.807, 2.05) is 31.2 Å². The highest BCUT2D eigenvalue weighted by molar-refractivity contribution is 9.10. The largest absolute Gasteiger partial charge is 0.452 e. The quantitative estimate of drug-likeness (QED) is 0.621. The Kier molecular flexibility index (Phi) is 4.71. The van der Waals surface area contributed by atoms with Gasteiger partial charge in [0.25, 0.3) is 5.89 Å². The van der Waals surface area contributed by atoms with Gasteiger partial charge in [-0.2, -0.15) is 0 Å². The zero-order valence-corrected chi connectivity index (χ0v) is 14.2. The average Bonchev–Trinajstić information content (AvgIpc) is 3.04. The number of benzene rings is 2. The van der Waals surface area contributed by atoms with Crippen LogP contribution >= 0.6 is 15.9 Å². The molecule has 0 amide bonds. The summed E-state index contributed by atoms with van der Waals surface area (Å²) in [5, 5.41) is 7.78. The fourth-order valence-electron chi connectivity index (χ4n) is 2.07. The summed E-state index contributed by atoms with van der Waals surface area (Å²) >= 11 is 3.18. The highest BCUT2D eigenvalue weighted by Gasteiger charge is 2.15. The summed E-state index contributed by atoms with van der Waals surface area (Å²) in [5.41, 5.74) is 1.94. The van der Waals surface area contributed by atoms with E-state index in [4.69, 9.17) is 9.15 Å². The summed E-state index contributed by atoms with van der Waals surface area (Å²) in [6.07, 6.45) is 0. The molecule has 0 bridgehead atoms. The third-order valence-corrected chi connectivity index (χ3v) is 3.90. The fraction of sp³-hybridized carbons (Fsp3) is 0.118. The van der Waals surface area contributed by atoms with Crippen molar-refractivity contribution in [2.75, 3.05) is 0 Å². The van der Waals surface area contributed by atoms with E-state index in [0.29, 0.717) is 10.4 Å². The smallest absolute Gasteiger partial charge is 0.339 e. The van der Waals surface area contributed by atoms with Gasteiger partial charge in [0, 0.05) is 10.0 Å². The van der Waals surface area contributed by atoms with Gasteiger partial charge >= 0.3 is 5.97 Å². The lowest BCUT2D eigenvalue weighted by atomic mass is 10.1. The summed E-state index contributed by atoms with van der Waals surface area (Å²) in [6, 6.07) is 11.4. The van der Waals surface area contributed by atoms with Gasteiger partial charge in [-0.1, -0.05) is 17.7 Å². The van der Waals surface area contributed by atoms with E-state index in [-0.39, 0.29) is 18.1 Å². The standard InChI is InChI=1S/C17H12BrFN2O3/c1-10-3-2-4-11(7-10)16-21-20-15(24-16)9-23-17(22)13-8-12(19)5-6-14(13)18/h2-8H,9H2,1H3. The van der Waals surface area contributed by atoms with Gasteiger partial charge in [-0.05, 0) is 53.2 Å². The molecule has 0 radical (unpaired) electrons. The normalized spacial score (nSPS) is 10.6. The molecule has 0 saturated heterocycles. The third kappa shape index (κ3) is 3.68. The Balaban J connectivity index is 1.69. The van der Waals surface area contributed by atoms with E-state index >= 15 is 0 Å². The fourth-order valence-corrected chi connectivity index (χ4v) is 2.47. The van der Waals surface area contributed by atoms with E-state index in [9.17, 15) is 9.18 Å². The van der Waals surface area contributed by atoms with Crippen LogP contribution in [-0.4, -0.2) is 16.2 Å². The molecule has 0 atom stereocenters. The van der Waals surface area contributed by atoms with Crippen molar-refractivity contribution in [3.63, 3.8) is 0 Å². The number of esters is 1. The highest BCUT2D eigenvalue weighted by Crippen LogP contribution is 2.21. The average molecular weight is 391 g/mol. The summed E-state index contributed by atoms with van der Waals surface area (Å²) in [7, 11) is 0. The van der Waals surface area contributed by atoms with Crippen molar-refractivity contribution in [1.29, 1.82) is 0 Å². The van der Waals surface area contributed by atoms with Crippen LogP contribution in [0.3, 0.4) is 0 Å². The van der Waals surface area contributed by atoms with Crippen LogP contribution in [0.1, 0.15) is 21.8 Å². The van der Waals surface area contributed by atoms with Gasteiger partial charge in [-0.15, -0.1) is 10.2 Å². The first-order valence-corrected chi connectivity index (χ1v) is 7.84. The molecule has 7 heteroatoms. The SMILES string of the molecule is Cc1cccc(-c2nnc(COC(=O)c3cc(F)ccc3Br)o2)c1. The molecule has 0 aliphatic heterocycles. The molecule has 1 aromatic heterocycles. The Labute approximate surface area is 145 Å². The maximum absolute atomic E-state index is 13.2. The number of carbonyl (C=O) groups excluding carboxylic acids is 1. The van der Waals surface area contributed by atoms with E-state index in [1.165, 1.54) is 12.1 Å². The molecule has 3 aromatic rings. The number of aromatic nitrogens is 2. The first-order valence-electron chi connectivity index (χ1n) is 7.04. The molecule has 0 aliphatic carbocycles. The predicted octanol–water partition coefficient (Wildman–Crippen LogP) is 4.30. The van der Waals surface area contributed by atoms with Gasteiger partial charge < -0.3 is 9.15 Å². The summed E-state index contributed by atoms with van der Waals surface area (Å²) in [5.74, 6) is -0.703. The number of aryl methyl sites for hydroxylation is 1. The van der Waals surface area contributed by atoms with Crippen LogP contribution in [0.4, 0.5) is 4.39 Å². The Bertz CT molecular complexity index is 895. The number of rotatable bonds is 4. The number of hydrogen-bond acceptors (Lipinski definition) is 5. The third-order valence-electron chi connectivity index (χ3n) is 3.21. The Morgan fingerprint density at radius 3 is 2.88 bits per heavy atom. The molecule has 122 valence electrons. The molecule has 2 aromatic carbocycles. The molecule has 0 spiro atoms. The minimum absolute atomic E-state index is 0.0911. The molecule has 1 heterocycles. The minimum atomic E-state index is -0.684. The lowest BCUT2D eigenvalue weighted by Crippen LogP contribution is -2.06. The second-order valence-corrected chi connectivity index (χ2v) is 5.93. The molecule has 0 fully saturated rings. The van der Waals surface area contributed by atoms with Crippen molar-refractivity contribution >= 4 is 21.9 Å². The topological polar surface area (TPSA) is 65.2 Å². The minimum Gasteiger partial charge on any atom is -0.452 e. The van der Waals surface area contributed by atoms with E-state index in [0.717, 1.165) is 17.2 Å². The molecule has 5 nitrogen and oxygen atoms in total. The predicted molar refractivity (Wildman–Crippen MR) is 87.7 cm³/mol. The van der Waals surface area contributed by atoms with Crippen LogP contribution in [0.15, 0.2) is 51.4 Å². The first-order chi connectivity index (χ1) is 11.5.